The van der Waals surface area contributed by atoms with Gasteiger partial charge in [-0.25, -0.2) is 4.68 Å². The van der Waals surface area contributed by atoms with Crippen molar-refractivity contribution in [2.45, 2.75) is 18.9 Å². The molecule has 20 heavy (non-hydrogen) atoms. The van der Waals surface area contributed by atoms with Gasteiger partial charge in [0.2, 0.25) is 0 Å². The zero-order chi connectivity index (χ0) is 13.9. The Labute approximate surface area is 116 Å². The van der Waals surface area contributed by atoms with Gasteiger partial charge in [0.25, 0.3) is 0 Å². The van der Waals surface area contributed by atoms with Crippen LogP contribution in [0.2, 0.25) is 0 Å². The second-order valence-corrected chi connectivity index (χ2v) is 4.75. The third-order valence-electron chi connectivity index (χ3n) is 3.50. The van der Waals surface area contributed by atoms with Crippen molar-refractivity contribution in [3.63, 3.8) is 0 Å². The summed E-state index contributed by atoms with van der Waals surface area (Å²) in [7, 11) is 1.61. The molecule has 0 radical (unpaired) electrons. The minimum absolute atomic E-state index is 0.260. The van der Waals surface area contributed by atoms with Crippen molar-refractivity contribution in [1.82, 2.24) is 20.2 Å². The first-order valence-electron chi connectivity index (χ1n) is 6.59. The van der Waals surface area contributed by atoms with E-state index in [4.69, 9.17) is 15.2 Å². The number of aromatic nitrogens is 4. The minimum atomic E-state index is 0.260. The lowest BCUT2D eigenvalue weighted by Crippen LogP contribution is -2.21. The number of hydrogen-bond donors (Lipinski definition) is 1. The number of ether oxygens (including phenoxy) is 2. The number of nitrogens with zero attached hydrogens (tertiary/aromatic N) is 4. The summed E-state index contributed by atoms with van der Waals surface area (Å²) < 4.78 is 12.6. The van der Waals surface area contributed by atoms with Gasteiger partial charge < -0.3 is 15.2 Å². The molecule has 1 aliphatic rings. The molecule has 2 aromatic rings. The molecule has 0 amide bonds. The van der Waals surface area contributed by atoms with Crippen molar-refractivity contribution >= 4 is 5.69 Å². The van der Waals surface area contributed by atoms with Gasteiger partial charge in [0, 0.05) is 25.0 Å². The van der Waals surface area contributed by atoms with Crippen molar-refractivity contribution in [3.05, 3.63) is 18.2 Å². The highest BCUT2D eigenvalue weighted by Crippen LogP contribution is 2.32. The Morgan fingerprint density at radius 2 is 2.15 bits per heavy atom. The lowest BCUT2D eigenvalue weighted by molar-refractivity contribution is 0.0662. The summed E-state index contributed by atoms with van der Waals surface area (Å²) in [5.41, 5.74) is 7.28. The van der Waals surface area contributed by atoms with Crippen LogP contribution in [0.3, 0.4) is 0 Å². The first-order chi connectivity index (χ1) is 9.79. The summed E-state index contributed by atoms with van der Waals surface area (Å²) in [6.45, 7) is 1.48. The molecule has 7 nitrogen and oxygen atoms in total. The molecule has 0 bridgehead atoms. The standard InChI is InChI=1S/C13H17N5O2/c1-19-12-8-9(14)2-3-11(12)13-15-16-17-18(13)10-4-6-20-7-5-10/h2-3,8,10H,4-7,14H2,1H3. The molecule has 1 saturated heterocycles. The van der Waals surface area contributed by atoms with Crippen LogP contribution in [-0.4, -0.2) is 40.5 Å². The maximum atomic E-state index is 5.78. The first-order valence-corrected chi connectivity index (χ1v) is 6.59. The number of benzene rings is 1. The molecule has 2 N–H and O–H groups in total. The van der Waals surface area contributed by atoms with Crippen molar-refractivity contribution in [2.24, 2.45) is 0 Å². The summed E-state index contributed by atoms with van der Waals surface area (Å²) in [4.78, 5) is 0. The van der Waals surface area contributed by atoms with Gasteiger partial charge in [0.15, 0.2) is 5.82 Å². The van der Waals surface area contributed by atoms with E-state index in [9.17, 15) is 0 Å². The van der Waals surface area contributed by atoms with E-state index >= 15 is 0 Å². The summed E-state index contributed by atoms with van der Waals surface area (Å²) in [5, 5.41) is 12.1. The topological polar surface area (TPSA) is 88.1 Å². The van der Waals surface area contributed by atoms with E-state index in [0.29, 0.717) is 17.3 Å². The largest absolute Gasteiger partial charge is 0.496 e. The SMILES string of the molecule is COc1cc(N)ccc1-c1nnnn1C1CCOCC1. The van der Waals surface area contributed by atoms with Crippen molar-refractivity contribution in [2.75, 3.05) is 26.1 Å². The highest BCUT2D eigenvalue weighted by atomic mass is 16.5. The van der Waals surface area contributed by atoms with E-state index in [1.54, 1.807) is 13.2 Å². The first kappa shape index (κ1) is 12.9. The zero-order valence-electron chi connectivity index (χ0n) is 11.3. The molecule has 1 aromatic carbocycles. The Hall–Kier alpha value is -2.15. The quantitative estimate of drug-likeness (QED) is 0.849. The fourth-order valence-corrected chi connectivity index (χ4v) is 2.44. The number of hydrogen-bond acceptors (Lipinski definition) is 6. The van der Waals surface area contributed by atoms with E-state index in [1.165, 1.54) is 0 Å². The lowest BCUT2D eigenvalue weighted by atomic mass is 10.1. The Kier molecular flexibility index (Phi) is 3.51. The van der Waals surface area contributed by atoms with Gasteiger partial charge in [-0.2, -0.15) is 0 Å². The second-order valence-electron chi connectivity index (χ2n) is 4.75. The molecule has 1 aliphatic heterocycles. The molecule has 3 rings (SSSR count). The molecule has 1 aromatic heterocycles. The molecule has 106 valence electrons. The Morgan fingerprint density at radius 1 is 1.35 bits per heavy atom. The average Bonchev–Trinajstić information content (AvgIpc) is 2.97. The predicted octanol–water partition coefficient (Wildman–Crippen LogP) is 1.28. The third kappa shape index (κ3) is 2.32. The van der Waals surface area contributed by atoms with Crippen LogP contribution in [0.1, 0.15) is 18.9 Å². The molecule has 0 atom stereocenters. The monoisotopic (exact) mass is 275 g/mol. The van der Waals surface area contributed by atoms with E-state index in [1.807, 2.05) is 16.8 Å². The zero-order valence-corrected chi connectivity index (χ0v) is 11.3. The van der Waals surface area contributed by atoms with E-state index in [-0.39, 0.29) is 6.04 Å². The van der Waals surface area contributed by atoms with Gasteiger partial charge in [-0.3, -0.25) is 0 Å². The van der Waals surface area contributed by atoms with E-state index < -0.39 is 0 Å². The maximum absolute atomic E-state index is 5.78. The third-order valence-corrected chi connectivity index (χ3v) is 3.50. The van der Waals surface area contributed by atoms with Gasteiger partial charge in [0.05, 0.1) is 18.7 Å². The van der Waals surface area contributed by atoms with Crippen LogP contribution >= 0.6 is 0 Å². The molecule has 7 heteroatoms. The maximum Gasteiger partial charge on any atom is 0.186 e. The number of anilines is 1. The predicted molar refractivity (Wildman–Crippen MR) is 73.3 cm³/mol. The summed E-state index contributed by atoms with van der Waals surface area (Å²) in [6, 6.07) is 5.74. The van der Waals surface area contributed by atoms with Gasteiger partial charge >= 0.3 is 0 Å². The van der Waals surface area contributed by atoms with Crippen molar-refractivity contribution in [3.8, 4) is 17.1 Å². The summed E-state index contributed by atoms with van der Waals surface area (Å²) in [6.07, 6.45) is 1.82. The van der Waals surface area contributed by atoms with E-state index in [2.05, 4.69) is 15.5 Å². The van der Waals surface area contributed by atoms with Crippen LogP contribution in [-0.2, 0) is 4.74 Å². The Balaban J connectivity index is 2.00. The molecular weight excluding hydrogens is 258 g/mol. The Bertz CT molecular complexity index is 592. The van der Waals surface area contributed by atoms with Crippen molar-refractivity contribution < 1.29 is 9.47 Å². The second kappa shape index (κ2) is 5.46. The van der Waals surface area contributed by atoms with Crippen LogP contribution in [0.4, 0.5) is 5.69 Å². The summed E-state index contributed by atoms with van der Waals surface area (Å²) in [5.74, 6) is 1.38. The fourth-order valence-electron chi connectivity index (χ4n) is 2.44. The fraction of sp³-hybridized carbons (Fsp3) is 0.462. The molecular formula is C13H17N5O2. The highest BCUT2D eigenvalue weighted by Gasteiger charge is 2.22. The minimum Gasteiger partial charge on any atom is -0.496 e. The number of rotatable bonds is 3. The molecule has 0 unspecified atom stereocenters. The van der Waals surface area contributed by atoms with Crippen LogP contribution in [0, 0.1) is 0 Å². The van der Waals surface area contributed by atoms with Crippen LogP contribution < -0.4 is 10.5 Å². The van der Waals surface area contributed by atoms with Gasteiger partial charge in [0.1, 0.15) is 5.75 Å². The normalized spacial score (nSPS) is 16.2. The van der Waals surface area contributed by atoms with Gasteiger partial charge in [-0.1, -0.05) is 0 Å². The highest BCUT2D eigenvalue weighted by molar-refractivity contribution is 5.67. The lowest BCUT2D eigenvalue weighted by Gasteiger charge is -2.23. The number of nitrogen functional groups attached to an aromatic ring is 1. The number of methoxy groups -OCH3 is 1. The van der Waals surface area contributed by atoms with E-state index in [0.717, 1.165) is 31.6 Å². The van der Waals surface area contributed by atoms with Gasteiger partial charge in [-0.15, -0.1) is 5.10 Å². The molecule has 0 aliphatic carbocycles. The number of nitrogens with two attached hydrogens (primary N) is 1. The van der Waals surface area contributed by atoms with Crippen LogP contribution in [0.5, 0.6) is 5.75 Å². The van der Waals surface area contributed by atoms with Gasteiger partial charge in [-0.05, 0) is 35.4 Å². The van der Waals surface area contributed by atoms with Crippen molar-refractivity contribution in [1.29, 1.82) is 0 Å². The molecule has 0 saturated carbocycles. The molecule has 2 heterocycles. The average molecular weight is 275 g/mol. The smallest absolute Gasteiger partial charge is 0.186 e. The number of tetrazole rings is 1. The molecule has 1 fully saturated rings. The van der Waals surface area contributed by atoms with Crippen LogP contribution in [0.15, 0.2) is 18.2 Å². The molecule has 0 spiro atoms. The Morgan fingerprint density at radius 3 is 2.90 bits per heavy atom. The van der Waals surface area contributed by atoms with Crippen LogP contribution in [0.25, 0.3) is 11.4 Å². The summed E-state index contributed by atoms with van der Waals surface area (Å²) >= 11 is 0.